The number of rotatable bonds is 2. The molecule has 0 aliphatic heterocycles. The molecule has 0 spiro atoms. The molecule has 0 fully saturated rings. The zero-order valence-corrected chi connectivity index (χ0v) is 13.7. The molecule has 0 atom stereocenters. The van der Waals surface area contributed by atoms with E-state index in [1.807, 2.05) is 32.0 Å². The molecule has 0 aliphatic rings. The van der Waals surface area contributed by atoms with Crippen molar-refractivity contribution in [2.24, 2.45) is 0 Å². The van der Waals surface area contributed by atoms with Crippen molar-refractivity contribution in [3.8, 4) is 0 Å². The Hall–Kier alpha value is -2.95. The second kappa shape index (κ2) is 5.92. The summed E-state index contributed by atoms with van der Waals surface area (Å²) in [6, 6.07) is 9.67. The summed E-state index contributed by atoms with van der Waals surface area (Å²) in [5, 5.41) is 3.26. The Balaban J connectivity index is 2.08. The van der Waals surface area contributed by atoms with Crippen LogP contribution in [0.2, 0.25) is 0 Å². The van der Waals surface area contributed by atoms with Crippen molar-refractivity contribution in [2.45, 2.75) is 20.8 Å². The number of nitrogens with one attached hydrogen (secondary N) is 1. The largest absolute Gasteiger partial charge is 0.322 e. The van der Waals surface area contributed by atoms with E-state index in [9.17, 15) is 14.0 Å². The van der Waals surface area contributed by atoms with Crippen molar-refractivity contribution < 1.29 is 14.0 Å². The minimum absolute atomic E-state index is 0.239. The molecule has 2 aromatic carbocycles. The zero-order chi connectivity index (χ0) is 17.4. The van der Waals surface area contributed by atoms with Crippen LogP contribution >= 0.6 is 0 Å². The molecular formula is C19H17FN2O2. The molecule has 0 saturated carbocycles. The predicted octanol–water partition coefficient (Wildman–Crippen LogP) is 4.31. The Morgan fingerprint density at radius 3 is 2.58 bits per heavy atom. The van der Waals surface area contributed by atoms with Crippen LogP contribution in [0.15, 0.2) is 42.6 Å². The lowest BCUT2D eigenvalue weighted by molar-refractivity contribution is 0.0941. The van der Waals surface area contributed by atoms with Gasteiger partial charge in [0.15, 0.2) is 0 Å². The third-order valence-electron chi connectivity index (χ3n) is 4.20. The Kier molecular flexibility index (Phi) is 3.93. The molecule has 4 nitrogen and oxygen atoms in total. The van der Waals surface area contributed by atoms with Crippen LogP contribution in [0.1, 0.15) is 33.2 Å². The molecular weight excluding hydrogens is 307 g/mol. The topological polar surface area (TPSA) is 51.1 Å². The van der Waals surface area contributed by atoms with E-state index >= 15 is 0 Å². The first-order chi connectivity index (χ1) is 11.4. The van der Waals surface area contributed by atoms with Crippen LogP contribution in [0.3, 0.4) is 0 Å². The highest BCUT2D eigenvalue weighted by molar-refractivity contribution is 6.14. The average Bonchev–Trinajstić information content (AvgIpc) is 2.90. The molecule has 3 aromatic rings. The summed E-state index contributed by atoms with van der Waals surface area (Å²) in [4.78, 5) is 24.5. The van der Waals surface area contributed by atoms with Gasteiger partial charge in [-0.25, -0.2) is 4.39 Å². The number of hydrogen-bond acceptors (Lipinski definition) is 2. The van der Waals surface area contributed by atoms with Gasteiger partial charge >= 0.3 is 0 Å². The van der Waals surface area contributed by atoms with Gasteiger partial charge in [0.2, 0.25) is 5.91 Å². The average molecular weight is 324 g/mol. The van der Waals surface area contributed by atoms with Gasteiger partial charge in [-0.2, -0.15) is 0 Å². The molecule has 0 unspecified atom stereocenters. The summed E-state index contributed by atoms with van der Waals surface area (Å²) in [7, 11) is 0. The summed E-state index contributed by atoms with van der Waals surface area (Å²) in [5.74, 6) is -1.07. The highest BCUT2D eigenvalue weighted by Gasteiger charge is 2.18. The Morgan fingerprint density at radius 2 is 1.88 bits per heavy atom. The van der Waals surface area contributed by atoms with Crippen molar-refractivity contribution >= 4 is 28.4 Å². The fourth-order valence-corrected chi connectivity index (χ4v) is 2.72. The number of nitrogens with zero attached hydrogens (tertiary/aromatic N) is 1. The number of fused-ring (bicyclic) bond motifs is 1. The quantitative estimate of drug-likeness (QED) is 0.763. The number of hydrogen-bond donors (Lipinski definition) is 1. The molecule has 5 heteroatoms. The van der Waals surface area contributed by atoms with Crippen molar-refractivity contribution in [3.05, 3.63) is 65.1 Å². The van der Waals surface area contributed by atoms with Crippen LogP contribution in [0.4, 0.5) is 10.1 Å². The van der Waals surface area contributed by atoms with Gasteiger partial charge in [0.05, 0.1) is 11.1 Å². The van der Waals surface area contributed by atoms with Crippen LogP contribution in [0, 0.1) is 19.7 Å². The molecule has 3 rings (SSSR count). The van der Waals surface area contributed by atoms with Crippen molar-refractivity contribution in [2.75, 3.05) is 5.32 Å². The normalized spacial score (nSPS) is 10.8. The Labute approximate surface area is 138 Å². The Bertz CT molecular complexity index is 973. The second-order valence-corrected chi connectivity index (χ2v) is 5.79. The molecule has 1 aromatic heterocycles. The van der Waals surface area contributed by atoms with E-state index in [0.717, 1.165) is 11.1 Å². The molecule has 1 N–H and O–H groups in total. The van der Waals surface area contributed by atoms with E-state index in [2.05, 4.69) is 5.32 Å². The maximum atomic E-state index is 13.6. The second-order valence-electron chi connectivity index (χ2n) is 5.79. The molecule has 24 heavy (non-hydrogen) atoms. The van der Waals surface area contributed by atoms with Crippen LogP contribution in [-0.2, 0) is 0 Å². The molecule has 1 heterocycles. The summed E-state index contributed by atoms with van der Waals surface area (Å²) in [6.07, 6.45) is 1.45. The van der Waals surface area contributed by atoms with Crippen molar-refractivity contribution in [1.29, 1.82) is 0 Å². The number of carbonyl (C=O) groups is 2. The van der Waals surface area contributed by atoms with Crippen molar-refractivity contribution in [3.63, 3.8) is 0 Å². The number of anilines is 1. The minimum atomic E-state index is -0.454. The van der Waals surface area contributed by atoms with E-state index in [0.29, 0.717) is 16.6 Å². The molecule has 0 radical (unpaired) electrons. The van der Waals surface area contributed by atoms with Crippen LogP contribution < -0.4 is 5.32 Å². The fourth-order valence-electron chi connectivity index (χ4n) is 2.72. The van der Waals surface area contributed by atoms with E-state index in [1.165, 1.54) is 35.9 Å². The number of halogens is 1. The summed E-state index contributed by atoms with van der Waals surface area (Å²) in [6.45, 7) is 5.28. The number of aromatic nitrogens is 1. The first kappa shape index (κ1) is 15.9. The molecule has 0 saturated heterocycles. The predicted molar refractivity (Wildman–Crippen MR) is 92.1 cm³/mol. The van der Waals surface area contributed by atoms with Crippen LogP contribution in [-0.4, -0.2) is 16.4 Å². The van der Waals surface area contributed by atoms with E-state index in [4.69, 9.17) is 0 Å². The maximum Gasteiger partial charge on any atom is 0.257 e. The molecule has 122 valence electrons. The first-order valence-corrected chi connectivity index (χ1v) is 7.57. The third-order valence-corrected chi connectivity index (χ3v) is 4.20. The lowest BCUT2D eigenvalue weighted by Crippen LogP contribution is -2.13. The highest BCUT2D eigenvalue weighted by atomic mass is 19.1. The number of aryl methyl sites for hydroxylation is 1. The molecule has 0 aliphatic carbocycles. The summed E-state index contributed by atoms with van der Waals surface area (Å²) >= 11 is 0. The lowest BCUT2D eigenvalue weighted by atomic mass is 10.1. The molecule has 0 bridgehead atoms. The third kappa shape index (κ3) is 2.69. The zero-order valence-electron chi connectivity index (χ0n) is 13.7. The van der Waals surface area contributed by atoms with Gasteiger partial charge in [-0.15, -0.1) is 0 Å². The number of carbonyl (C=O) groups excluding carboxylic acids is 2. The van der Waals surface area contributed by atoms with Crippen molar-refractivity contribution in [1.82, 2.24) is 4.57 Å². The smallest absolute Gasteiger partial charge is 0.257 e. The number of benzene rings is 2. The number of amides is 1. The van der Waals surface area contributed by atoms with Gasteiger partial charge in [0.1, 0.15) is 5.82 Å². The Morgan fingerprint density at radius 1 is 1.12 bits per heavy atom. The molecule has 1 amide bonds. The van der Waals surface area contributed by atoms with Gasteiger partial charge in [-0.3, -0.25) is 14.2 Å². The first-order valence-electron chi connectivity index (χ1n) is 7.57. The van der Waals surface area contributed by atoms with Gasteiger partial charge in [0, 0.05) is 24.2 Å². The van der Waals surface area contributed by atoms with Crippen LogP contribution in [0.5, 0.6) is 0 Å². The SMILES string of the molecule is CC(=O)n1cc(C(=O)Nc2cccc(C)c2C)c2cc(F)ccc21. The summed E-state index contributed by atoms with van der Waals surface area (Å²) < 4.78 is 15.0. The highest BCUT2D eigenvalue weighted by Crippen LogP contribution is 2.25. The standard InChI is InChI=1S/C19H17FN2O2/c1-11-5-4-6-17(12(11)2)21-19(24)16-10-22(13(3)23)18-8-7-14(20)9-15(16)18/h4-10H,1-3H3,(H,21,24). The van der Waals surface area contributed by atoms with Gasteiger partial charge in [-0.1, -0.05) is 12.1 Å². The van der Waals surface area contributed by atoms with E-state index in [1.54, 1.807) is 0 Å². The van der Waals surface area contributed by atoms with Gasteiger partial charge in [-0.05, 0) is 49.2 Å². The summed E-state index contributed by atoms with van der Waals surface area (Å²) in [5.41, 5.74) is 3.49. The van der Waals surface area contributed by atoms with E-state index < -0.39 is 5.82 Å². The van der Waals surface area contributed by atoms with Gasteiger partial charge < -0.3 is 5.32 Å². The van der Waals surface area contributed by atoms with E-state index in [-0.39, 0.29) is 17.4 Å². The maximum absolute atomic E-state index is 13.6. The minimum Gasteiger partial charge on any atom is -0.322 e. The van der Waals surface area contributed by atoms with Crippen LogP contribution in [0.25, 0.3) is 10.9 Å². The fraction of sp³-hybridized carbons (Fsp3) is 0.158. The monoisotopic (exact) mass is 324 g/mol. The van der Waals surface area contributed by atoms with Gasteiger partial charge in [0.25, 0.3) is 5.91 Å². The lowest BCUT2D eigenvalue weighted by Gasteiger charge is -2.09.